The quantitative estimate of drug-likeness (QED) is 0.299. The second-order valence-corrected chi connectivity index (χ2v) is 12.6. The van der Waals surface area contributed by atoms with Crippen LogP contribution in [0.2, 0.25) is 5.02 Å². The second-order valence-electron chi connectivity index (χ2n) is 12.2. The molecule has 2 fully saturated rings. The highest BCUT2D eigenvalue weighted by Crippen LogP contribution is 2.46. The third-order valence-electron chi connectivity index (χ3n) is 9.08. The number of amides is 2. The number of rotatable bonds is 1. The number of hydrogen-bond donors (Lipinski definition) is 2. The molecule has 4 aromatic rings. The molecule has 1 aromatic carbocycles. The Balaban J connectivity index is 1.31. The zero-order valence-corrected chi connectivity index (χ0v) is 26.2. The van der Waals surface area contributed by atoms with Gasteiger partial charge in [0.1, 0.15) is 34.7 Å². The van der Waals surface area contributed by atoms with Crippen LogP contribution < -0.4 is 15.0 Å². The Morgan fingerprint density at radius 1 is 1.21 bits per heavy atom. The fourth-order valence-electron chi connectivity index (χ4n) is 6.66. The topological polar surface area (TPSA) is 160 Å². The van der Waals surface area contributed by atoms with Gasteiger partial charge >= 0.3 is 12.1 Å². The number of aliphatic carboxylic acids is 1. The van der Waals surface area contributed by atoms with Crippen LogP contribution in [0.15, 0.2) is 40.9 Å². The monoisotopic (exact) mass is 666 g/mol. The summed E-state index contributed by atoms with van der Waals surface area (Å²) in [5, 5.41) is 14.0. The van der Waals surface area contributed by atoms with Crippen LogP contribution in [-0.4, -0.2) is 87.9 Å². The van der Waals surface area contributed by atoms with Gasteiger partial charge in [-0.1, -0.05) is 30.7 Å². The van der Waals surface area contributed by atoms with Crippen molar-refractivity contribution in [1.29, 1.82) is 0 Å². The van der Waals surface area contributed by atoms with Crippen molar-refractivity contribution >= 4 is 57.5 Å². The minimum Gasteiger partial charge on any atom is -0.480 e. The number of halogens is 2. The number of piperidine rings is 1. The fraction of sp³-hybridized carbons (Fsp3) is 0.438. The molecule has 246 valence electrons. The normalized spacial score (nSPS) is 25.6. The Bertz CT molecular complexity index is 1890. The number of hydrogen-bond acceptors (Lipinski definition) is 10. The van der Waals surface area contributed by atoms with Crippen molar-refractivity contribution in [1.82, 2.24) is 25.2 Å². The number of anilines is 1. The van der Waals surface area contributed by atoms with Crippen LogP contribution in [0, 0.1) is 5.92 Å². The number of furan rings is 1. The van der Waals surface area contributed by atoms with E-state index >= 15 is 4.39 Å². The van der Waals surface area contributed by atoms with Crippen molar-refractivity contribution in [2.75, 3.05) is 37.7 Å². The van der Waals surface area contributed by atoms with Gasteiger partial charge in [0.2, 0.25) is 11.8 Å². The molecule has 0 unspecified atom stereocenters. The number of aromatic nitrogens is 3. The lowest BCUT2D eigenvalue weighted by molar-refractivity contribution is -0.138. The molecule has 7 heterocycles. The summed E-state index contributed by atoms with van der Waals surface area (Å²) in [6.45, 7) is 2.20. The molecule has 4 aliphatic heterocycles. The van der Waals surface area contributed by atoms with E-state index in [4.69, 9.17) is 25.5 Å². The maximum atomic E-state index is 17.0. The number of alkyl halides is 1. The number of carboxylic acid groups (broad SMARTS) is 1. The van der Waals surface area contributed by atoms with Gasteiger partial charge in [-0.2, -0.15) is 0 Å². The number of pyridine rings is 1. The van der Waals surface area contributed by atoms with E-state index in [1.807, 2.05) is 12.1 Å². The lowest BCUT2D eigenvalue weighted by atomic mass is 9.79. The molecule has 0 spiro atoms. The van der Waals surface area contributed by atoms with Crippen molar-refractivity contribution in [2.45, 2.75) is 50.4 Å². The Labute approximate surface area is 273 Å². The summed E-state index contributed by atoms with van der Waals surface area (Å²) in [5.41, 5.74) is -0.572. The summed E-state index contributed by atoms with van der Waals surface area (Å²) >= 11 is 6.30. The van der Waals surface area contributed by atoms with E-state index in [0.717, 1.165) is 0 Å². The van der Waals surface area contributed by atoms with Gasteiger partial charge in [-0.05, 0) is 24.6 Å². The lowest BCUT2D eigenvalue weighted by Gasteiger charge is -2.41. The van der Waals surface area contributed by atoms with Crippen molar-refractivity contribution in [2.24, 2.45) is 5.92 Å². The average Bonchev–Trinajstić information content (AvgIpc) is 3.64. The zero-order chi connectivity index (χ0) is 32.9. The molecular weight excluding hydrogens is 635 g/mol. The first-order chi connectivity index (χ1) is 22.6. The predicted molar refractivity (Wildman–Crippen MR) is 167 cm³/mol. The molecule has 8 rings (SSSR count). The third-order valence-corrected chi connectivity index (χ3v) is 9.29. The smallest absolute Gasteiger partial charge is 0.409 e. The fourth-order valence-corrected chi connectivity index (χ4v) is 6.81. The summed E-state index contributed by atoms with van der Waals surface area (Å²) in [6.07, 6.45) is 0.182. The van der Waals surface area contributed by atoms with E-state index in [2.05, 4.69) is 20.3 Å². The molecule has 6 bridgehead atoms. The number of para-hydroxylation sites is 1. The van der Waals surface area contributed by atoms with Crippen LogP contribution >= 0.6 is 11.6 Å². The van der Waals surface area contributed by atoms with Crippen LogP contribution in [0.3, 0.4) is 0 Å². The summed E-state index contributed by atoms with van der Waals surface area (Å²) in [6, 6.07) is 7.62. The minimum absolute atomic E-state index is 0.00408. The second kappa shape index (κ2) is 12.1. The molecule has 2 amide bonds. The number of carbonyl (C=O) groups excluding carboxylic acids is 2. The van der Waals surface area contributed by atoms with Gasteiger partial charge in [0.05, 0.1) is 30.2 Å². The van der Waals surface area contributed by atoms with Crippen LogP contribution in [-0.2, 0) is 26.4 Å². The number of benzene rings is 1. The largest absolute Gasteiger partial charge is 0.480 e. The number of carboxylic acids is 1. The van der Waals surface area contributed by atoms with E-state index in [1.54, 1.807) is 24.0 Å². The standard InChI is InChI=1S/C32H32ClFN6O7/c1-17-15-39-9-7-32(17,34)21-11-18(33)14-36-29(21)46-19-12-22(30(42)43)40(16-19)28-27-26(20-5-2-3-6-23(20)47-27)37-24(38-28)13-25(41)35-8-4-10-45-31(39)44/h2-3,5-6,11,14,17,19,22H,4,7-10,12-13,15-16H2,1H3,(H,35,41)(H,42,43)/t17-,19-,22-,32+/m0/s1. The van der Waals surface area contributed by atoms with E-state index < -0.39 is 35.8 Å². The van der Waals surface area contributed by atoms with Crippen molar-refractivity contribution < 1.29 is 37.8 Å². The molecule has 4 atom stereocenters. The number of ether oxygens (including phenoxy) is 2. The number of fused-ring (bicyclic) bond motifs is 12. The van der Waals surface area contributed by atoms with E-state index in [1.165, 1.54) is 17.2 Å². The molecule has 4 aliphatic rings. The molecule has 3 aromatic heterocycles. The summed E-state index contributed by atoms with van der Waals surface area (Å²) in [4.78, 5) is 55.0. The first-order valence-corrected chi connectivity index (χ1v) is 15.9. The SMILES string of the molecule is C[C@H]1CN2CC[C@]1(F)c1cc(Cl)cnc1O[C@H]1C[C@@H](C(=O)O)N(C1)c1nc(nc3c1oc1ccccc13)CC(=O)NCCCOC2=O. The minimum atomic E-state index is -1.94. The van der Waals surface area contributed by atoms with Gasteiger partial charge < -0.3 is 34.1 Å². The van der Waals surface area contributed by atoms with Gasteiger partial charge in [-0.3, -0.25) is 4.79 Å². The molecule has 0 radical (unpaired) electrons. The Morgan fingerprint density at radius 2 is 2.04 bits per heavy atom. The summed E-state index contributed by atoms with van der Waals surface area (Å²) in [5.74, 6) is -1.78. The van der Waals surface area contributed by atoms with Gasteiger partial charge in [-0.25, -0.2) is 28.9 Å². The maximum absolute atomic E-state index is 17.0. The van der Waals surface area contributed by atoms with Gasteiger partial charge in [-0.15, -0.1) is 0 Å². The number of carbonyl (C=O) groups is 3. The van der Waals surface area contributed by atoms with Crippen LogP contribution in [0.25, 0.3) is 22.1 Å². The number of nitrogens with one attached hydrogen (secondary N) is 1. The van der Waals surface area contributed by atoms with Crippen LogP contribution in [0.5, 0.6) is 5.88 Å². The Morgan fingerprint density at radius 3 is 2.85 bits per heavy atom. The molecule has 13 nitrogen and oxygen atoms in total. The summed E-state index contributed by atoms with van der Waals surface area (Å²) < 4.78 is 34.9. The zero-order valence-electron chi connectivity index (χ0n) is 25.4. The van der Waals surface area contributed by atoms with E-state index in [0.29, 0.717) is 22.9 Å². The first kappa shape index (κ1) is 30.9. The van der Waals surface area contributed by atoms with Crippen molar-refractivity contribution in [3.05, 3.63) is 52.9 Å². The van der Waals surface area contributed by atoms with Gasteiger partial charge in [0, 0.05) is 50.0 Å². The molecule has 0 saturated carbocycles. The van der Waals surface area contributed by atoms with Crippen molar-refractivity contribution in [3.63, 3.8) is 0 Å². The van der Waals surface area contributed by atoms with E-state index in [9.17, 15) is 19.5 Å². The highest BCUT2D eigenvalue weighted by Gasteiger charge is 2.47. The molecule has 0 aliphatic carbocycles. The lowest BCUT2D eigenvalue weighted by Crippen LogP contribution is -2.49. The number of nitrogens with zero attached hydrogens (tertiary/aromatic N) is 5. The van der Waals surface area contributed by atoms with E-state index in [-0.39, 0.29) is 91.6 Å². The maximum Gasteiger partial charge on any atom is 0.409 e. The van der Waals surface area contributed by atoms with Crippen LogP contribution in [0.1, 0.15) is 37.6 Å². The third kappa shape index (κ3) is 5.75. The molecule has 15 heteroatoms. The molecule has 2 N–H and O–H groups in total. The highest BCUT2D eigenvalue weighted by molar-refractivity contribution is 6.30. The van der Waals surface area contributed by atoms with Gasteiger partial charge in [0.15, 0.2) is 11.4 Å². The molecular formula is C32H32ClFN6O7. The molecule has 47 heavy (non-hydrogen) atoms. The van der Waals surface area contributed by atoms with Crippen molar-refractivity contribution in [3.8, 4) is 5.88 Å². The Kier molecular flexibility index (Phi) is 7.98. The highest BCUT2D eigenvalue weighted by atomic mass is 35.5. The van der Waals surface area contributed by atoms with Gasteiger partial charge in [0.25, 0.3) is 0 Å². The Hall–Kier alpha value is -4.72. The first-order valence-electron chi connectivity index (χ1n) is 15.5. The average molecular weight is 667 g/mol. The molecule has 2 saturated heterocycles. The summed E-state index contributed by atoms with van der Waals surface area (Å²) in [7, 11) is 0. The van der Waals surface area contributed by atoms with Crippen LogP contribution in [0.4, 0.5) is 15.0 Å². The predicted octanol–water partition coefficient (Wildman–Crippen LogP) is 4.24.